The van der Waals surface area contributed by atoms with Gasteiger partial charge in [-0.15, -0.1) is 0 Å². The lowest BCUT2D eigenvalue weighted by atomic mass is 9.87. The topological polar surface area (TPSA) is 158 Å². The van der Waals surface area contributed by atoms with Gasteiger partial charge in [0.2, 0.25) is 16.3 Å². The van der Waals surface area contributed by atoms with Crippen molar-refractivity contribution < 1.29 is 51.2 Å². The number of benzene rings is 3. The molecule has 0 aliphatic carbocycles. The van der Waals surface area contributed by atoms with Crippen molar-refractivity contribution in [1.82, 2.24) is 9.62 Å². The lowest BCUT2D eigenvalue weighted by Gasteiger charge is -2.48. The number of hydrogen-bond donors (Lipinski definition) is 2. The summed E-state index contributed by atoms with van der Waals surface area (Å²) in [6.45, 7) is 5.39. The maximum Gasteiger partial charge on any atom is 0.410 e. The van der Waals surface area contributed by atoms with Crippen LogP contribution in [0, 0.1) is 11.2 Å². The molecule has 1 amide bonds. The Bertz CT molecular complexity index is 1690. The van der Waals surface area contributed by atoms with E-state index in [1.54, 1.807) is 26.8 Å². The van der Waals surface area contributed by atoms with E-state index in [1.807, 2.05) is 30.3 Å². The first-order chi connectivity index (χ1) is 22.6. The van der Waals surface area contributed by atoms with Gasteiger partial charge in [-0.05, 0) is 68.3 Å². The molecule has 1 aliphatic heterocycles. The highest BCUT2D eigenvalue weighted by Gasteiger charge is 2.52. The molecule has 4 rings (SSSR count). The van der Waals surface area contributed by atoms with E-state index < -0.39 is 63.8 Å². The fourth-order valence-electron chi connectivity index (χ4n) is 4.81. The molecule has 0 aromatic heterocycles. The minimum absolute atomic E-state index is 0.0254. The standard InChI is InChI=1S/C34H39FN2O10S/c1-23(45-31(40)33(2,3)4)46-32(41)36-29(30(39)44-18-17-38)20-24-9-8-12-28(19-24)48(42,43)37-21-34(22-37,25-10-6-5-7-11-25)47-27-15-13-26(35)14-16-27/h5-16,19,23,29,38H,17-18,20-22H2,1-4H3,(H,36,41)/t23-,29+/m1/s1. The van der Waals surface area contributed by atoms with Gasteiger partial charge < -0.3 is 29.4 Å². The highest BCUT2D eigenvalue weighted by atomic mass is 32.2. The van der Waals surface area contributed by atoms with Gasteiger partial charge in [-0.2, -0.15) is 4.31 Å². The third-order valence-corrected chi connectivity index (χ3v) is 9.12. The minimum atomic E-state index is -4.05. The van der Waals surface area contributed by atoms with Crippen molar-refractivity contribution in [2.24, 2.45) is 5.41 Å². The summed E-state index contributed by atoms with van der Waals surface area (Å²) >= 11 is 0. The largest absolute Gasteiger partial charge is 0.480 e. The quantitative estimate of drug-likeness (QED) is 0.200. The lowest BCUT2D eigenvalue weighted by molar-refractivity contribution is -0.174. The fourth-order valence-corrected chi connectivity index (χ4v) is 6.41. The molecule has 12 nitrogen and oxygen atoms in total. The van der Waals surface area contributed by atoms with Crippen LogP contribution in [0.5, 0.6) is 5.75 Å². The third kappa shape index (κ3) is 9.08. The SMILES string of the molecule is C[C@@H](OC(=O)N[C@@H](Cc1cccc(S(=O)(=O)N2CC(Oc3ccc(F)cc3)(c3ccccc3)C2)c1)C(=O)OCCO)OC(=O)C(C)(C)C. The van der Waals surface area contributed by atoms with Crippen molar-refractivity contribution in [3.63, 3.8) is 0 Å². The van der Waals surface area contributed by atoms with Gasteiger partial charge in [0.25, 0.3) is 0 Å². The average Bonchev–Trinajstić information content (AvgIpc) is 3.02. The summed E-state index contributed by atoms with van der Waals surface area (Å²) in [5.41, 5.74) is -0.746. The first-order valence-electron chi connectivity index (χ1n) is 15.2. The van der Waals surface area contributed by atoms with Gasteiger partial charge in [-0.1, -0.05) is 42.5 Å². The molecule has 1 fully saturated rings. The summed E-state index contributed by atoms with van der Waals surface area (Å²) in [7, 11) is -4.05. The molecule has 0 spiro atoms. The van der Waals surface area contributed by atoms with Gasteiger partial charge in [0.1, 0.15) is 24.2 Å². The Labute approximate surface area is 278 Å². The monoisotopic (exact) mass is 686 g/mol. The van der Waals surface area contributed by atoms with Crippen LogP contribution in [0.25, 0.3) is 0 Å². The van der Waals surface area contributed by atoms with Crippen LogP contribution in [0.2, 0.25) is 0 Å². The molecule has 0 bridgehead atoms. The lowest BCUT2D eigenvalue weighted by Crippen LogP contribution is -2.64. The van der Waals surface area contributed by atoms with Crippen LogP contribution in [0.4, 0.5) is 9.18 Å². The highest BCUT2D eigenvalue weighted by molar-refractivity contribution is 7.89. The number of aliphatic hydroxyl groups excluding tert-OH is 1. The van der Waals surface area contributed by atoms with Crippen molar-refractivity contribution in [1.29, 1.82) is 0 Å². The van der Waals surface area contributed by atoms with E-state index in [4.69, 9.17) is 24.1 Å². The first-order valence-corrected chi connectivity index (χ1v) is 16.6. The Balaban J connectivity index is 1.49. The Kier molecular flexibility index (Phi) is 11.4. The van der Waals surface area contributed by atoms with Crippen LogP contribution < -0.4 is 10.1 Å². The van der Waals surface area contributed by atoms with Gasteiger partial charge in [-0.25, -0.2) is 22.4 Å². The molecule has 0 unspecified atom stereocenters. The molecule has 2 N–H and O–H groups in total. The highest BCUT2D eigenvalue weighted by Crippen LogP contribution is 2.40. The number of esters is 2. The maximum absolute atomic E-state index is 13.8. The predicted molar refractivity (Wildman–Crippen MR) is 171 cm³/mol. The molecular weight excluding hydrogens is 647 g/mol. The number of ether oxygens (including phenoxy) is 4. The molecule has 48 heavy (non-hydrogen) atoms. The Morgan fingerprint density at radius 1 is 0.979 bits per heavy atom. The third-order valence-electron chi connectivity index (χ3n) is 7.34. The number of alkyl carbamates (subject to hydrolysis) is 1. The number of carbonyl (C=O) groups is 3. The first kappa shape index (κ1) is 36.3. The summed E-state index contributed by atoms with van der Waals surface area (Å²) in [6.07, 6.45) is -2.55. The fraction of sp³-hybridized carbons (Fsp3) is 0.382. The summed E-state index contributed by atoms with van der Waals surface area (Å²) in [4.78, 5) is 37.5. The zero-order chi connectivity index (χ0) is 35.1. The molecule has 14 heteroatoms. The van der Waals surface area contributed by atoms with E-state index in [0.717, 1.165) is 5.56 Å². The number of rotatable bonds is 13. The number of amides is 1. The van der Waals surface area contributed by atoms with E-state index >= 15 is 0 Å². The van der Waals surface area contributed by atoms with E-state index in [9.17, 15) is 27.2 Å². The molecule has 0 saturated carbocycles. The van der Waals surface area contributed by atoms with E-state index in [-0.39, 0.29) is 31.0 Å². The Hall–Kier alpha value is -4.53. The predicted octanol–water partition coefficient (Wildman–Crippen LogP) is 3.91. The summed E-state index contributed by atoms with van der Waals surface area (Å²) < 4.78 is 63.8. The van der Waals surface area contributed by atoms with Gasteiger partial charge >= 0.3 is 18.0 Å². The second-order valence-electron chi connectivity index (χ2n) is 12.3. The van der Waals surface area contributed by atoms with E-state index in [0.29, 0.717) is 11.3 Å². The molecular formula is C34H39FN2O10S. The molecule has 1 aliphatic rings. The number of sulfonamides is 1. The molecule has 0 radical (unpaired) electrons. The normalized spacial score (nSPS) is 15.7. The van der Waals surface area contributed by atoms with Crippen LogP contribution in [-0.4, -0.2) is 74.5 Å². The van der Waals surface area contributed by atoms with Crippen molar-refractivity contribution >= 4 is 28.1 Å². The maximum atomic E-state index is 13.8. The molecule has 1 saturated heterocycles. The second-order valence-corrected chi connectivity index (χ2v) is 14.2. The summed E-state index contributed by atoms with van der Waals surface area (Å²) in [6, 6.07) is 19.1. The number of carbonyl (C=O) groups excluding carboxylic acids is 3. The van der Waals surface area contributed by atoms with Gasteiger partial charge in [0, 0.05) is 13.3 Å². The summed E-state index contributed by atoms with van der Waals surface area (Å²) in [5, 5.41) is 11.5. The number of hydrogen-bond acceptors (Lipinski definition) is 10. The van der Waals surface area contributed by atoms with Gasteiger partial charge in [0.05, 0.1) is 30.0 Å². The van der Waals surface area contributed by atoms with Crippen molar-refractivity contribution in [3.8, 4) is 5.75 Å². The van der Waals surface area contributed by atoms with E-state index in [1.165, 1.54) is 53.7 Å². The smallest absolute Gasteiger partial charge is 0.410 e. The van der Waals surface area contributed by atoms with Crippen molar-refractivity contribution in [3.05, 3.63) is 95.8 Å². The second kappa shape index (κ2) is 15.1. The molecule has 2 atom stereocenters. The molecule has 258 valence electrons. The van der Waals surface area contributed by atoms with Crippen LogP contribution >= 0.6 is 0 Å². The number of nitrogens with one attached hydrogen (secondary N) is 1. The van der Waals surface area contributed by atoms with Crippen LogP contribution in [-0.2, 0) is 45.8 Å². The van der Waals surface area contributed by atoms with Crippen LogP contribution in [0.1, 0.15) is 38.8 Å². The number of aliphatic hydroxyl groups is 1. The zero-order valence-electron chi connectivity index (χ0n) is 27.1. The summed E-state index contributed by atoms with van der Waals surface area (Å²) in [5.74, 6) is -1.56. The van der Waals surface area contributed by atoms with E-state index in [2.05, 4.69) is 5.32 Å². The molecule has 3 aromatic carbocycles. The van der Waals surface area contributed by atoms with Crippen LogP contribution in [0.3, 0.4) is 0 Å². The van der Waals surface area contributed by atoms with Gasteiger partial charge in [0.15, 0.2) is 5.60 Å². The minimum Gasteiger partial charge on any atom is -0.480 e. The van der Waals surface area contributed by atoms with Crippen molar-refractivity contribution in [2.75, 3.05) is 26.3 Å². The molecule has 3 aromatic rings. The Morgan fingerprint density at radius 3 is 2.27 bits per heavy atom. The van der Waals surface area contributed by atoms with Crippen LogP contribution in [0.15, 0.2) is 83.8 Å². The number of nitrogens with zero attached hydrogens (tertiary/aromatic N) is 1. The Morgan fingerprint density at radius 2 is 1.65 bits per heavy atom. The molecule has 1 heterocycles. The zero-order valence-corrected chi connectivity index (χ0v) is 27.9. The van der Waals surface area contributed by atoms with Crippen molar-refractivity contribution in [2.45, 2.75) is 56.9 Å². The van der Waals surface area contributed by atoms with Gasteiger partial charge in [-0.3, -0.25) is 4.79 Å². The number of halogens is 1. The average molecular weight is 687 g/mol.